The standard InChI is InChI=1S/C13H22N2O6/c1-2-15(8-9-4-3-7-21-9)13(20)14-10(12(18)19)5-6-11(16)17/h9-10H,2-8H2,1H3,(H,14,20)(H,16,17)(H,18,19)/t9?,10-/m0/s1. The van der Waals surface area contributed by atoms with Crippen molar-refractivity contribution in [2.75, 3.05) is 19.7 Å². The Morgan fingerprint density at radius 2 is 2.10 bits per heavy atom. The lowest BCUT2D eigenvalue weighted by Gasteiger charge is -2.26. The maximum absolute atomic E-state index is 12.1. The van der Waals surface area contributed by atoms with Crippen LogP contribution in [0.4, 0.5) is 4.79 Å². The lowest BCUT2D eigenvalue weighted by Crippen LogP contribution is -2.49. The minimum Gasteiger partial charge on any atom is -0.481 e. The Bertz CT molecular complexity index is 381. The highest BCUT2D eigenvalue weighted by molar-refractivity contribution is 5.83. The first-order valence-electron chi connectivity index (χ1n) is 7.05. The minimum atomic E-state index is -1.24. The number of amides is 2. The van der Waals surface area contributed by atoms with Crippen LogP contribution in [0.5, 0.6) is 0 Å². The van der Waals surface area contributed by atoms with Crippen LogP contribution in [0.15, 0.2) is 0 Å². The summed E-state index contributed by atoms with van der Waals surface area (Å²) < 4.78 is 5.45. The summed E-state index contributed by atoms with van der Waals surface area (Å²) in [6.07, 6.45) is 1.37. The number of rotatable bonds is 8. The Balaban J connectivity index is 2.52. The van der Waals surface area contributed by atoms with Gasteiger partial charge in [0.1, 0.15) is 6.04 Å². The molecule has 3 N–H and O–H groups in total. The molecule has 1 fully saturated rings. The van der Waals surface area contributed by atoms with Gasteiger partial charge < -0.3 is 25.2 Å². The zero-order valence-electron chi connectivity index (χ0n) is 12.1. The van der Waals surface area contributed by atoms with Crippen LogP contribution in [0, 0.1) is 0 Å². The molecule has 0 spiro atoms. The maximum atomic E-state index is 12.1. The highest BCUT2D eigenvalue weighted by Gasteiger charge is 2.26. The highest BCUT2D eigenvalue weighted by Crippen LogP contribution is 2.13. The predicted molar refractivity (Wildman–Crippen MR) is 73.0 cm³/mol. The fraction of sp³-hybridized carbons (Fsp3) is 0.769. The molecule has 1 rings (SSSR count). The summed E-state index contributed by atoms with van der Waals surface area (Å²) in [7, 11) is 0. The van der Waals surface area contributed by atoms with Gasteiger partial charge in [-0.25, -0.2) is 9.59 Å². The number of urea groups is 1. The first-order valence-corrected chi connectivity index (χ1v) is 7.05. The average Bonchev–Trinajstić information content (AvgIpc) is 2.92. The fourth-order valence-corrected chi connectivity index (χ4v) is 2.16. The van der Waals surface area contributed by atoms with Crippen molar-refractivity contribution in [1.82, 2.24) is 10.2 Å². The van der Waals surface area contributed by atoms with E-state index in [0.29, 0.717) is 19.7 Å². The number of hydrogen-bond donors (Lipinski definition) is 3. The number of carbonyl (C=O) groups excluding carboxylic acids is 1. The smallest absolute Gasteiger partial charge is 0.326 e. The predicted octanol–water partition coefficient (Wildman–Crippen LogP) is 0.515. The summed E-state index contributed by atoms with van der Waals surface area (Å²) in [5.74, 6) is -2.33. The Labute approximate surface area is 123 Å². The average molecular weight is 302 g/mol. The number of carboxylic acid groups (broad SMARTS) is 2. The molecule has 1 unspecified atom stereocenters. The van der Waals surface area contributed by atoms with Gasteiger partial charge in [-0.2, -0.15) is 0 Å². The van der Waals surface area contributed by atoms with Crippen molar-refractivity contribution < 1.29 is 29.3 Å². The largest absolute Gasteiger partial charge is 0.481 e. The molecule has 8 nitrogen and oxygen atoms in total. The SMILES string of the molecule is CCN(CC1CCCO1)C(=O)N[C@@H](CCC(=O)O)C(=O)O. The molecule has 0 aromatic rings. The van der Waals surface area contributed by atoms with Crippen LogP contribution in [-0.4, -0.2) is 64.9 Å². The maximum Gasteiger partial charge on any atom is 0.326 e. The van der Waals surface area contributed by atoms with Gasteiger partial charge in [-0.15, -0.1) is 0 Å². The molecule has 1 aliphatic heterocycles. The van der Waals surface area contributed by atoms with Crippen molar-refractivity contribution in [3.63, 3.8) is 0 Å². The topological polar surface area (TPSA) is 116 Å². The van der Waals surface area contributed by atoms with Crippen LogP contribution in [-0.2, 0) is 14.3 Å². The van der Waals surface area contributed by atoms with E-state index in [1.54, 1.807) is 6.92 Å². The monoisotopic (exact) mass is 302 g/mol. The third kappa shape index (κ3) is 5.99. The van der Waals surface area contributed by atoms with E-state index in [-0.39, 0.29) is 18.9 Å². The van der Waals surface area contributed by atoms with E-state index in [0.717, 1.165) is 12.8 Å². The number of ether oxygens (including phenoxy) is 1. The molecule has 8 heteroatoms. The highest BCUT2D eigenvalue weighted by atomic mass is 16.5. The van der Waals surface area contributed by atoms with Crippen molar-refractivity contribution in [2.24, 2.45) is 0 Å². The molecule has 120 valence electrons. The van der Waals surface area contributed by atoms with Crippen molar-refractivity contribution in [1.29, 1.82) is 0 Å². The lowest BCUT2D eigenvalue weighted by atomic mass is 10.1. The number of likely N-dealkylation sites (N-methyl/N-ethyl adjacent to an activating group) is 1. The summed E-state index contributed by atoms with van der Waals surface area (Å²) in [5, 5.41) is 20.0. The quantitative estimate of drug-likeness (QED) is 0.601. The molecule has 0 saturated carbocycles. The van der Waals surface area contributed by atoms with Crippen LogP contribution in [0.25, 0.3) is 0 Å². The molecule has 1 aliphatic rings. The second-order valence-electron chi connectivity index (χ2n) is 4.95. The summed E-state index contributed by atoms with van der Waals surface area (Å²) in [6.45, 7) is 3.31. The van der Waals surface area contributed by atoms with Crippen molar-refractivity contribution in [2.45, 2.75) is 44.8 Å². The molecule has 2 amide bonds. The van der Waals surface area contributed by atoms with Gasteiger partial charge in [-0.3, -0.25) is 4.79 Å². The first-order chi connectivity index (χ1) is 9.93. The van der Waals surface area contributed by atoms with E-state index in [9.17, 15) is 14.4 Å². The molecule has 1 heterocycles. The molecular weight excluding hydrogens is 280 g/mol. The fourth-order valence-electron chi connectivity index (χ4n) is 2.16. The van der Waals surface area contributed by atoms with E-state index in [4.69, 9.17) is 14.9 Å². The van der Waals surface area contributed by atoms with Crippen molar-refractivity contribution in [3.05, 3.63) is 0 Å². The van der Waals surface area contributed by atoms with E-state index in [1.165, 1.54) is 4.90 Å². The van der Waals surface area contributed by atoms with E-state index >= 15 is 0 Å². The van der Waals surface area contributed by atoms with E-state index < -0.39 is 24.0 Å². The molecule has 0 bridgehead atoms. The number of carbonyl (C=O) groups is 3. The Morgan fingerprint density at radius 3 is 2.57 bits per heavy atom. The number of hydrogen-bond acceptors (Lipinski definition) is 4. The third-order valence-corrected chi connectivity index (χ3v) is 3.36. The second kappa shape index (κ2) is 8.46. The minimum absolute atomic E-state index is 0.0157. The zero-order valence-corrected chi connectivity index (χ0v) is 12.1. The Kier molecular flexibility index (Phi) is 6.93. The molecule has 0 aliphatic carbocycles. The second-order valence-corrected chi connectivity index (χ2v) is 4.95. The number of nitrogens with zero attached hydrogens (tertiary/aromatic N) is 1. The van der Waals surface area contributed by atoms with Gasteiger partial charge >= 0.3 is 18.0 Å². The molecule has 2 atom stereocenters. The van der Waals surface area contributed by atoms with Crippen LogP contribution in [0.2, 0.25) is 0 Å². The normalized spacial score (nSPS) is 19.0. The van der Waals surface area contributed by atoms with Crippen molar-refractivity contribution in [3.8, 4) is 0 Å². The van der Waals surface area contributed by atoms with E-state index in [2.05, 4.69) is 5.32 Å². The van der Waals surface area contributed by atoms with Crippen molar-refractivity contribution >= 4 is 18.0 Å². The van der Waals surface area contributed by atoms with E-state index in [1.807, 2.05) is 0 Å². The van der Waals surface area contributed by atoms with Gasteiger partial charge in [0, 0.05) is 26.1 Å². The van der Waals surface area contributed by atoms with Gasteiger partial charge in [-0.1, -0.05) is 0 Å². The Morgan fingerprint density at radius 1 is 1.38 bits per heavy atom. The molecule has 1 saturated heterocycles. The third-order valence-electron chi connectivity index (χ3n) is 3.36. The number of nitrogens with one attached hydrogen (secondary N) is 1. The molecule has 0 aromatic heterocycles. The molecule has 0 aromatic carbocycles. The van der Waals surface area contributed by atoms with Crippen LogP contribution < -0.4 is 5.32 Å². The van der Waals surface area contributed by atoms with Gasteiger partial charge in [0.15, 0.2) is 0 Å². The summed E-state index contributed by atoms with van der Waals surface area (Å²) >= 11 is 0. The number of carboxylic acids is 2. The Hall–Kier alpha value is -1.83. The summed E-state index contributed by atoms with van der Waals surface area (Å²) in [6, 6.07) is -1.71. The summed E-state index contributed by atoms with van der Waals surface area (Å²) in [5.41, 5.74) is 0. The molecule has 21 heavy (non-hydrogen) atoms. The zero-order chi connectivity index (χ0) is 15.8. The molecular formula is C13H22N2O6. The molecule has 0 radical (unpaired) electrons. The van der Waals surface area contributed by atoms with Gasteiger partial charge in [0.05, 0.1) is 6.10 Å². The van der Waals surface area contributed by atoms with Gasteiger partial charge in [0.25, 0.3) is 0 Å². The number of aliphatic carboxylic acids is 2. The summed E-state index contributed by atoms with van der Waals surface area (Å²) in [4.78, 5) is 35.1. The lowest BCUT2D eigenvalue weighted by molar-refractivity contribution is -0.140. The van der Waals surface area contributed by atoms with Gasteiger partial charge in [-0.05, 0) is 26.2 Å². The first kappa shape index (κ1) is 17.2. The van der Waals surface area contributed by atoms with Crippen LogP contribution >= 0.6 is 0 Å². The van der Waals surface area contributed by atoms with Crippen LogP contribution in [0.3, 0.4) is 0 Å². The van der Waals surface area contributed by atoms with Gasteiger partial charge in [0.2, 0.25) is 0 Å². The van der Waals surface area contributed by atoms with Crippen LogP contribution in [0.1, 0.15) is 32.6 Å².